The van der Waals surface area contributed by atoms with Gasteiger partial charge in [0, 0.05) is 6.42 Å². The number of ether oxygens (including phenoxy) is 2. The molecule has 360 valence electrons. The number of nitrogens with one attached hydrogen (secondary N) is 1. The fraction of sp³-hybridized carbons (Fsp3) is 0.685. The molecule has 1 fully saturated rings. The minimum atomic E-state index is -1.58. The van der Waals surface area contributed by atoms with Crippen molar-refractivity contribution in [3.8, 4) is 0 Å². The average molecular weight is 882 g/mol. The van der Waals surface area contributed by atoms with Gasteiger partial charge < -0.3 is 40.3 Å². The van der Waals surface area contributed by atoms with Gasteiger partial charge in [0.25, 0.3) is 0 Å². The highest BCUT2D eigenvalue weighted by Crippen LogP contribution is 2.22. The van der Waals surface area contributed by atoms with Crippen LogP contribution in [0.1, 0.15) is 181 Å². The summed E-state index contributed by atoms with van der Waals surface area (Å²) in [4.78, 5) is 13.0. The van der Waals surface area contributed by atoms with Crippen LogP contribution in [0.5, 0.6) is 0 Å². The highest BCUT2D eigenvalue weighted by atomic mass is 16.7. The van der Waals surface area contributed by atoms with Gasteiger partial charge in [0.2, 0.25) is 5.91 Å². The smallest absolute Gasteiger partial charge is 0.220 e. The first-order valence-corrected chi connectivity index (χ1v) is 25.0. The molecule has 0 aliphatic carbocycles. The Morgan fingerprint density at radius 3 is 1.44 bits per heavy atom. The maximum Gasteiger partial charge on any atom is 0.220 e. The van der Waals surface area contributed by atoms with E-state index in [1.165, 1.54) is 83.5 Å². The lowest BCUT2D eigenvalue weighted by atomic mass is 9.99. The Morgan fingerprint density at radius 1 is 0.556 bits per heavy atom. The van der Waals surface area contributed by atoms with Crippen LogP contribution in [0.25, 0.3) is 0 Å². The Kier molecular flexibility index (Phi) is 39.7. The summed E-state index contributed by atoms with van der Waals surface area (Å²) in [5.41, 5.74) is 0. The number of carbonyl (C=O) groups is 1. The van der Waals surface area contributed by atoms with Crippen LogP contribution in [-0.2, 0) is 14.3 Å². The van der Waals surface area contributed by atoms with E-state index in [4.69, 9.17) is 9.47 Å². The predicted octanol–water partition coefficient (Wildman–Crippen LogP) is 11.3. The first-order valence-electron chi connectivity index (χ1n) is 25.0. The summed E-state index contributed by atoms with van der Waals surface area (Å²) in [7, 11) is 0. The fourth-order valence-corrected chi connectivity index (χ4v) is 7.20. The predicted molar refractivity (Wildman–Crippen MR) is 262 cm³/mol. The van der Waals surface area contributed by atoms with E-state index < -0.39 is 49.5 Å². The number of hydrogen-bond acceptors (Lipinski definition) is 8. The third-order valence-electron chi connectivity index (χ3n) is 11.2. The summed E-state index contributed by atoms with van der Waals surface area (Å²) in [5.74, 6) is -0.238. The van der Waals surface area contributed by atoms with Gasteiger partial charge in [-0.25, -0.2) is 0 Å². The second-order valence-electron chi connectivity index (χ2n) is 16.9. The molecule has 1 heterocycles. The number of rotatable bonds is 40. The highest BCUT2D eigenvalue weighted by molar-refractivity contribution is 5.76. The molecule has 0 saturated carbocycles. The molecule has 0 aromatic rings. The second-order valence-corrected chi connectivity index (χ2v) is 16.9. The first kappa shape index (κ1) is 58.1. The van der Waals surface area contributed by atoms with Crippen LogP contribution in [0, 0.1) is 0 Å². The number of aliphatic hydroxyl groups excluding tert-OH is 5. The summed E-state index contributed by atoms with van der Waals surface area (Å²) >= 11 is 0. The Labute approximate surface area is 383 Å². The molecule has 0 bridgehead atoms. The van der Waals surface area contributed by atoms with Crippen LogP contribution < -0.4 is 5.32 Å². The number of allylic oxidation sites excluding steroid dienone is 15. The van der Waals surface area contributed by atoms with Gasteiger partial charge in [0.15, 0.2) is 6.29 Å². The van der Waals surface area contributed by atoms with E-state index in [1.54, 1.807) is 6.08 Å². The molecule has 0 aromatic heterocycles. The summed E-state index contributed by atoms with van der Waals surface area (Å²) in [6.07, 6.45) is 54.5. The van der Waals surface area contributed by atoms with Crippen LogP contribution in [0.4, 0.5) is 0 Å². The molecule has 0 spiro atoms. The quantitative estimate of drug-likeness (QED) is 0.0263. The number of carbonyl (C=O) groups excluding carboxylic acids is 1. The fourth-order valence-electron chi connectivity index (χ4n) is 7.20. The van der Waals surface area contributed by atoms with E-state index in [0.29, 0.717) is 6.42 Å². The molecule has 1 aliphatic heterocycles. The Bertz CT molecular complexity index is 1300. The van der Waals surface area contributed by atoms with Crippen LogP contribution in [0.3, 0.4) is 0 Å². The molecule has 63 heavy (non-hydrogen) atoms. The van der Waals surface area contributed by atoms with Crippen molar-refractivity contribution in [3.05, 3.63) is 97.2 Å². The molecule has 7 atom stereocenters. The van der Waals surface area contributed by atoms with Gasteiger partial charge in [-0.3, -0.25) is 4.79 Å². The van der Waals surface area contributed by atoms with Gasteiger partial charge in [-0.15, -0.1) is 0 Å². The van der Waals surface area contributed by atoms with Crippen LogP contribution in [0.2, 0.25) is 0 Å². The van der Waals surface area contributed by atoms with Crippen molar-refractivity contribution in [2.24, 2.45) is 0 Å². The maximum absolute atomic E-state index is 13.0. The molecule has 1 saturated heterocycles. The second kappa shape index (κ2) is 43.0. The minimum absolute atomic E-state index is 0.218. The summed E-state index contributed by atoms with van der Waals surface area (Å²) in [5, 5.41) is 54.3. The zero-order valence-corrected chi connectivity index (χ0v) is 39.5. The molecule has 9 heteroatoms. The lowest BCUT2D eigenvalue weighted by Crippen LogP contribution is -2.60. The van der Waals surface area contributed by atoms with Crippen molar-refractivity contribution >= 4 is 5.91 Å². The topological polar surface area (TPSA) is 149 Å². The van der Waals surface area contributed by atoms with Crippen molar-refractivity contribution in [3.63, 3.8) is 0 Å². The zero-order valence-electron chi connectivity index (χ0n) is 39.5. The Morgan fingerprint density at radius 2 is 0.984 bits per heavy atom. The molecule has 6 N–H and O–H groups in total. The van der Waals surface area contributed by atoms with E-state index in [2.05, 4.69) is 104 Å². The number of amides is 1. The summed E-state index contributed by atoms with van der Waals surface area (Å²) in [6, 6.07) is -0.842. The average Bonchev–Trinajstić information content (AvgIpc) is 3.28. The number of unbranched alkanes of at least 4 members (excludes halogenated alkanes) is 16. The maximum atomic E-state index is 13.0. The van der Waals surface area contributed by atoms with Crippen molar-refractivity contribution in [2.45, 2.75) is 224 Å². The Balaban J connectivity index is 2.38. The van der Waals surface area contributed by atoms with Crippen molar-refractivity contribution in [1.82, 2.24) is 5.32 Å². The summed E-state index contributed by atoms with van der Waals surface area (Å²) in [6.45, 7) is 3.62. The zero-order chi connectivity index (χ0) is 45.9. The highest BCUT2D eigenvalue weighted by Gasteiger charge is 2.44. The van der Waals surface area contributed by atoms with Gasteiger partial charge in [-0.05, 0) is 70.6 Å². The van der Waals surface area contributed by atoms with E-state index >= 15 is 0 Å². The first-order chi connectivity index (χ1) is 30.8. The van der Waals surface area contributed by atoms with Gasteiger partial charge >= 0.3 is 0 Å². The van der Waals surface area contributed by atoms with Crippen molar-refractivity contribution in [1.29, 1.82) is 0 Å². The van der Waals surface area contributed by atoms with E-state index in [1.807, 2.05) is 6.08 Å². The SMILES string of the molecule is CC/C=C\C/C=C\C/C=C\C/C=C\C/C=C\C/C=C\C/C=C\CCCC(=O)NC(COC1OC(CO)C(O)C(O)C1O)C(O)/C=C/CCCCCCCCCCCCCCCCC. The molecular weight excluding hydrogens is 791 g/mol. The molecule has 1 aliphatic rings. The minimum Gasteiger partial charge on any atom is -0.394 e. The van der Waals surface area contributed by atoms with Crippen LogP contribution >= 0.6 is 0 Å². The normalized spacial score (nSPS) is 21.0. The molecule has 1 rings (SSSR count). The third-order valence-corrected chi connectivity index (χ3v) is 11.2. The molecule has 0 radical (unpaired) electrons. The van der Waals surface area contributed by atoms with Crippen molar-refractivity contribution < 1.29 is 39.8 Å². The van der Waals surface area contributed by atoms with Gasteiger partial charge in [0.05, 0.1) is 25.4 Å². The largest absolute Gasteiger partial charge is 0.394 e. The van der Waals surface area contributed by atoms with Crippen LogP contribution in [0.15, 0.2) is 97.2 Å². The van der Waals surface area contributed by atoms with Crippen molar-refractivity contribution in [2.75, 3.05) is 13.2 Å². The van der Waals surface area contributed by atoms with Gasteiger partial charge in [-0.2, -0.15) is 0 Å². The van der Waals surface area contributed by atoms with Gasteiger partial charge in [0.1, 0.15) is 24.4 Å². The number of aliphatic hydroxyl groups is 5. The standard InChI is InChI=1S/C54H91NO8/c1-3-5-7-9-11-13-15-17-19-21-22-23-24-25-26-28-30-32-34-36-38-40-42-44-50(58)55-47(46-62-54-53(61)52(60)51(59)49(45-56)63-54)48(57)43-41-39-37-35-33-31-29-27-20-18-16-14-12-10-8-6-4-2/h5,7,11,13,17,19,22-23,25-26,30,32,36,38,41,43,47-49,51-54,56-57,59-61H,3-4,6,8-10,12,14-16,18,20-21,24,27-29,31,33-35,37,39-40,42,44-46H2,1-2H3,(H,55,58)/b7-5-,13-11-,19-17-,23-22-,26-25-,32-30-,38-36-,43-41+. The molecular formula is C54H91NO8. The van der Waals surface area contributed by atoms with E-state index in [9.17, 15) is 30.3 Å². The van der Waals surface area contributed by atoms with E-state index in [0.717, 1.165) is 70.6 Å². The molecule has 1 amide bonds. The lowest BCUT2D eigenvalue weighted by Gasteiger charge is -2.40. The van der Waals surface area contributed by atoms with Gasteiger partial charge in [-0.1, -0.05) is 201 Å². The molecule has 7 unspecified atom stereocenters. The molecule has 0 aromatic carbocycles. The third kappa shape index (κ3) is 33.3. The lowest BCUT2D eigenvalue weighted by molar-refractivity contribution is -0.302. The van der Waals surface area contributed by atoms with E-state index in [-0.39, 0.29) is 18.9 Å². The monoisotopic (exact) mass is 882 g/mol. The molecule has 9 nitrogen and oxygen atoms in total. The Hall–Kier alpha value is -2.89. The number of hydrogen-bond donors (Lipinski definition) is 6. The van der Waals surface area contributed by atoms with Crippen LogP contribution in [-0.4, -0.2) is 87.5 Å². The summed E-state index contributed by atoms with van der Waals surface area (Å²) < 4.78 is 11.2.